The number of benzene rings is 2. The van der Waals surface area contributed by atoms with Crippen LogP contribution in [-0.4, -0.2) is 51.5 Å². The van der Waals surface area contributed by atoms with Crippen LogP contribution in [-0.2, 0) is 48.4 Å². The molecule has 0 spiro atoms. The number of likely N-dealkylation sites (N-methyl/N-ethyl adjacent to an activating group) is 1. The van der Waals surface area contributed by atoms with Gasteiger partial charge in [0.2, 0.25) is 0 Å². The predicted octanol–water partition coefficient (Wildman–Crippen LogP) is 0.613. The van der Waals surface area contributed by atoms with Crippen LogP contribution in [0, 0.1) is 0 Å². The van der Waals surface area contributed by atoms with Crippen molar-refractivity contribution in [2.24, 2.45) is 14.1 Å². The lowest BCUT2D eigenvalue weighted by atomic mass is 10.1. The highest BCUT2D eigenvalue weighted by Gasteiger charge is 2.20. The van der Waals surface area contributed by atoms with Crippen molar-refractivity contribution < 1.29 is 13.2 Å². The standard InChI is InChI=1S/C25H28N6O5S/c1-28(14-13-18-7-5-4-6-8-18)15-19-9-11-20(12-10-19)37(35,36)27-21(32)16-31-17-26-23-22(31)24(33)30(3)25(34)29(23)2/h4-12,17H,13-16H2,1-3H3,(H,27,32). The Morgan fingerprint density at radius 3 is 2.32 bits per heavy atom. The van der Waals surface area contributed by atoms with E-state index in [1.165, 1.54) is 47.3 Å². The molecule has 4 rings (SSSR count). The van der Waals surface area contributed by atoms with E-state index < -0.39 is 33.7 Å². The van der Waals surface area contributed by atoms with E-state index in [1.807, 2.05) is 30.0 Å². The molecular weight excluding hydrogens is 496 g/mol. The van der Waals surface area contributed by atoms with Crippen molar-refractivity contribution in [3.05, 3.63) is 92.9 Å². The first-order valence-corrected chi connectivity index (χ1v) is 13.0. The maximum Gasteiger partial charge on any atom is 0.332 e. The lowest BCUT2D eigenvalue weighted by Gasteiger charge is -2.17. The second-order valence-corrected chi connectivity index (χ2v) is 10.6. The highest BCUT2D eigenvalue weighted by molar-refractivity contribution is 7.90. The number of rotatable bonds is 9. The van der Waals surface area contributed by atoms with Crippen molar-refractivity contribution in [3.63, 3.8) is 0 Å². The van der Waals surface area contributed by atoms with Gasteiger partial charge in [0.05, 0.1) is 11.2 Å². The molecule has 0 atom stereocenters. The number of carbonyl (C=O) groups is 1. The Bertz CT molecular complexity index is 1650. The van der Waals surface area contributed by atoms with Gasteiger partial charge in [-0.25, -0.2) is 22.9 Å². The van der Waals surface area contributed by atoms with Crippen LogP contribution in [0.25, 0.3) is 11.2 Å². The molecule has 0 aliphatic rings. The predicted molar refractivity (Wildman–Crippen MR) is 138 cm³/mol. The fraction of sp³-hybridized carbons (Fsp3) is 0.280. The third-order valence-corrected chi connectivity index (χ3v) is 7.48. The topological polar surface area (TPSA) is 128 Å². The number of aromatic nitrogens is 4. The zero-order chi connectivity index (χ0) is 26.7. The van der Waals surface area contributed by atoms with E-state index in [0.717, 1.165) is 23.1 Å². The van der Waals surface area contributed by atoms with E-state index in [1.54, 1.807) is 12.1 Å². The molecule has 0 aliphatic heterocycles. The van der Waals surface area contributed by atoms with E-state index in [4.69, 9.17) is 0 Å². The van der Waals surface area contributed by atoms with Crippen molar-refractivity contribution in [2.45, 2.75) is 24.4 Å². The molecule has 0 unspecified atom stereocenters. The van der Waals surface area contributed by atoms with E-state index in [2.05, 4.69) is 22.0 Å². The van der Waals surface area contributed by atoms with Crippen molar-refractivity contribution >= 4 is 27.1 Å². The van der Waals surface area contributed by atoms with Gasteiger partial charge in [-0.05, 0) is 36.7 Å². The van der Waals surface area contributed by atoms with E-state index in [9.17, 15) is 22.8 Å². The van der Waals surface area contributed by atoms with Crippen LogP contribution in [0.5, 0.6) is 0 Å². The van der Waals surface area contributed by atoms with Gasteiger partial charge in [0.15, 0.2) is 11.2 Å². The Labute approximate surface area is 213 Å². The number of nitrogens with one attached hydrogen (secondary N) is 1. The molecular formula is C25H28N6O5S. The third kappa shape index (κ3) is 5.70. The average molecular weight is 525 g/mol. The molecule has 0 fully saturated rings. The van der Waals surface area contributed by atoms with Crippen molar-refractivity contribution in [1.29, 1.82) is 0 Å². The number of nitrogens with zero attached hydrogens (tertiary/aromatic N) is 5. The van der Waals surface area contributed by atoms with Gasteiger partial charge in [-0.15, -0.1) is 0 Å². The summed E-state index contributed by atoms with van der Waals surface area (Å²) in [5.74, 6) is -0.847. The lowest BCUT2D eigenvalue weighted by Crippen LogP contribution is -2.38. The fourth-order valence-corrected chi connectivity index (χ4v) is 5.02. The highest BCUT2D eigenvalue weighted by atomic mass is 32.2. The van der Waals surface area contributed by atoms with Gasteiger partial charge in [-0.2, -0.15) is 0 Å². The SMILES string of the molecule is CN(CCc1ccccc1)Cc1ccc(S(=O)(=O)NC(=O)Cn2cnc3c2c(=O)n(C)c(=O)n3C)cc1. The Hall–Kier alpha value is -4.03. The van der Waals surface area contributed by atoms with E-state index in [-0.39, 0.29) is 16.1 Å². The van der Waals surface area contributed by atoms with Crippen LogP contribution in [0.15, 0.2) is 75.4 Å². The minimum atomic E-state index is -4.13. The van der Waals surface area contributed by atoms with E-state index >= 15 is 0 Å². The maximum absolute atomic E-state index is 12.8. The van der Waals surface area contributed by atoms with Crippen LogP contribution in [0.3, 0.4) is 0 Å². The summed E-state index contributed by atoms with van der Waals surface area (Å²) >= 11 is 0. The summed E-state index contributed by atoms with van der Waals surface area (Å²) < 4.78 is 30.9. The number of fused-ring (bicyclic) bond motifs is 1. The van der Waals surface area contributed by atoms with Gasteiger partial charge in [0.25, 0.3) is 21.5 Å². The normalized spacial score (nSPS) is 11.8. The van der Waals surface area contributed by atoms with Gasteiger partial charge in [0, 0.05) is 27.2 Å². The second-order valence-electron chi connectivity index (χ2n) is 8.90. The number of imidazole rings is 1. The molecule has 2 aromatic heterocycles. The molecule has 4 aromatic rings. The van der Waals surface area contributed by atoms with Crippen LogP contribution < -0.4 is 16.0 Å². The zero-order valence-corrected chi connectivity index (χ0v) is 21.6. The summed E-state index contributed by atoms with van der Waals surface area (Å²) in [6, 6.07) is 16.5. The number of aryl methyl sites for hydroxylation is 1. The van der Waals surface area contributed by atoms with Crippen LogP contribution in [0.2, 0.25) is 0 Å². The molecule has 0 aliphatic carbocycles. The summed E-state index contributed by atoms with van der Waals surface area (Å²) in [4.78, 5) is 43.3. The van der Waals surface area contributed by atoms with Gasteiger partial charge < -0.3 is 9.47 Å². The summed E-state index contributed by atoms with van der Waals surface area (Å²) in [6.07, 6.45) is 2.13. The number of hydrogen-bond acceptors (Lipinski definition) is 7. The minimum absolute atomic E-state index is 0.0258. The summed E-state index contributed by atoms with van der Waals surface area (Å²) in [5.41, 5.74) is 1.13. The molecule has 0 radical (unpaired) electrons. The Morgan fingerprint density at radius 1 is 0.973 bits per heavy atom. The van der Waals surface area contributed by atoms with Crippen LogP contribution in [0.1, 0.15) is 11.1 Å². The maximum atomic E-state index is 12.8. The van der Waals surface area contributed by atoms with Gasteiger partial charge >= 0.3 is 5.69 Å². The summed E-state index contributed by atoms with van der Waals surface area (Å²) in [5, 5.41) is 0. The Morgan fingerprint density at radius 2 is 1.65 bits per heavy atom. The molecule has 1 amide bonds. The quantitative estimate of drug-likeness (QED) is 0.340. The minimum Gasteiger partial charge on any atom is -0.315 e. The van der Waals surface area contributed by atoms with Crippen molar-refractivity contribution in [2.75, 3.05) is 13.6 Å². The smallest absolute Gasteiger partial charge is 0.315 e. The molecule has 12 heteroatoms. The lowest BCUT2D eigenvalue weighted by molar-refractivity contribution is -0.119. The first-order chi connectivity index (χ1) is 17.6. The molecule has 2 aromatic carbocycles. The summed E-state index contributed by atoms with van der Waals surface area (Å²) in [6.45, 7) is 1.03. The molecule has 11 nitrogen and oxygen atoms in total. The van der Waals surface area contributed by atoms with Crippen molar-refractivity contribution in [3.8, 4) is 0 Å². The van der Waals surface area contributed by atoms with Crippen LogP contribution >= 0.6 is 0 Å². The first-order valence-electron chi connectivity index (χ1n) is 11.5. The number of hydrogen-bond donors (Lipinski definition) is 1. The van der Waals surface area contributed by atoms with Gasteiger partial charge in [-0.3, -0.25) is 18.7 Å². The fourth-order valence-electron chi connectivity index (χ4n) is 4.04. The number of sulfonamides is 1. The Balaban J connectivity index is 1.40. The highest BCUT2D eigenvalue weighted by Crippen LogP contribution is 2.13. The molecule has 0 saturated heterocycles. The molecule has 0 bridgehead atoms. The Kier molecular flexibility index (Phi) is 7.41. The number of amides is 1. The molecule has 1 N–H and O–H groups in total. The third-order valence-electron chi connectivity index (χ3n) is 6.09. The van der Waals surface area contributed by atoms with Gasteiger partial charge in [0.1, 0.15) is 6.54 Å². The zero-order valence-electron chi connectivity index (χ0n) is 20.8. The van der Waals surface area contributed by atoms with Crippen LogP contribution in [0.4, 0.5) is 0 Å². The van der Waals surface area contributed by atoms with Gasteiger partial charge in [-0.1, -0.05) is 42.5 Å². The molecule has 194 valence electrons. The monoisotopic (exact) mass is 524 g/mol. The van der Waals surface area contributed by atoms with Crippen molar-refractivity contribution in [1.82, 2.24) is 28.3 Å². The second kappa shape index (κ2) is 10.5. The van der Waals surface area contributed by atoms with E-state index in [0.29, 0.717) is 6.54 Å². The largest absolute Gasteiger partial charge is 0.332 e. The summed E-state index contributed by atoms with van der Waals surface area (Å²) in [7, 11) is 0.644. The molecule has 2 heterocycles. The molecule has 0 saturated carbocycles. The molecule has 37 heavy (non-hydrogen) atoms. The number of carbonyl (C=O) groups excluding carboxylic acids is 1. The first kappa shape index (κ1) is 26.0. The average Bonchev–Trinajstić information content (AvgIpc) is 3.29.